The van der Waals surface area contributed by atoms with Crippen LogP contribution in [0.15, 0.2) is 54.6 Å². The van der Waals surface area contributed by atoms with Gasteiger partial charge in [0.2, 0.25) is 0 Å². The highest BCUT2D eigenvalue weighted by atomic mass is 16.5. The summed E-state index contributed by atoms with van der Waals surface area (Å²) >= 11 is 0. The van der Waals surface area contributed by atoms with Gasteiger partial charge in [-0.2, -0.15) is 0 Å². The lowest BCUT2D eigenvalue weighted by Crippen LogP contribution is -2.26. The summed E-state index contributed by atoms with van der Waals surface area (Å²) in [5.74, 6) is -0.632. The summed E-state index contributed by atoms with van der Waals surface area (Å²) in [6.45, 7) is 7.20. The Morgan fingerprint density at radius 1 is 1.00 bits per heavy atom. The molecule has 0 atom stereocenters. The third kappa shape index (κ3) is 4.22. The largest absolute Gasteiger partial charge is 0.454 e. The molecule has 0 spiro atoms. The Hall–Kier alpha value is -3.01. The van der Waals surface area contributed by atoms with Gasteiger partial charge in [-0.05, 0) is 19.1 Å². The van der Waals surface area contributed by atoms with Crippen LogP contribution in [0.25, 0.3) is 22.2 Å². The number of fused-ring (bicyclic) bond motifs is 1. The molecular formula is C23H23NO3. The third-order valence-corrected chi connectivity index (χ3v) is 4.45. The molecular weight excluding hydrogens is 338 g/mol. The first-order valence-electron chi connectivity index (χ1n) is 8.93. The number of rotatable bonds is 4. The lowest BCUT2D eigenvalue weighted by atomic mass is 9.91. The van der Waals surface area contributed by atoms with E-state index in [4.69, 9.17) is 4.74 Å². The molecule has 1 heterocycles. The summed E-state index contributed by atoms with van der Waals surface area (Å²) < 4.78 is 5.32. The molecule has 0 radical (unpaired) electrons. The number of hydrogen-bond donors (Lipinski definition) is 0. The van der Waals surface area contributed by atoms with Crippen molar-refractivity contribution < 1.29 is 14.3 Å². The Kier molecular flexibility index (Phi) is 5.08. The van der Waals surface area contributed by atoms with Gasteiger partial charge in [0.1, 0.15) is 0 Å². The lowest BCUT2D eigenvalue weighted by molar-refractivity contribution is -0.129. The van der Waals surface area contributed by atoms with Crippen LogP contribution in [0.1, 0.15) is 36.7 Å². The number of carbonyl (C=O) groups is 2. The summed E-state index contributed by atoms with van der Waals surface area (Å²) in [6, 6.07) is 17.1. The van der Waals surface area contributed by atoms with Crippen molar-refractivity contribution in [1.29, 1.82) is 0 Å². The number of aryl methyl sites for hydroxylation is 1. The third-order valence-electron chi connectivity index (χ3n) is 4.45. The maximum Gasteiger partial charge on any atom is 0.339 e. The van der Waals surface area contributed by atoms with Gasteiger partial charge in [0.05, 0.1) is 16.8 Å². The van der Waals surface area contributed by atoms with E-state index in [2.05, 4.69) is 4.98 Å². The zero-order chi connectivity index (χ0) is 19.6. The zero-order valence-electron chi connectivity index (χ0n) is 16.1. The highest BCUT2D eigenvalue weighted by Gasteiger charge is 2.23. The van der Waals surface area contributed by atoms with Crippen molar-refractivity contribution in [3.63, 3.8) is 0 Å². The molecule has 0 amide bonds. The van der Waals surface area contributed by atoms with E-state index >= 15 is 0 Å². The van der Waals surface area contributed by atoms with E-state index in [-0.39, 0.29) is 12.4 Å². The number of para-hydroxylation sites is 1. The fourth-order valence-electron chi connectivity index (χ4n) is 2.64. The van der Waals surface area contributed by atoms with Crippen LogP contribution in [0.2, 0.25) is 0 Å². The molecule has 0 aliphatic carbocycles. The molecule has 0 bridgehead atoms. The highest BCUT2D eigenvalue weighted by Crippen LogP contribution is 2.26. The van der Waals surface area contributed by atoms with Gasteiger partial charge in [0.15, 0.2) is 12.4 Å². The summed E-state index contributed by atoms with van der Waals surface area (Å²) in [4.78, 5) is 29.5. The van der Waals surface area contributed by atoms with Crippen LogP contribution in [0.5, 0.6) is 0 Å². The smallest absolute Gasteiger partial charge is 0.339 e. The molecule has 0 saturated carbocycles. The predicted molar refractivity (Wildman–Crippen MR) is 107 cm³/mol. The van der Waals surface area contributed by atoms with Crippen molar-refractivity contribution in [1.82, 2.24) is 4.98 Å². The molecule has 27 heavy (non-hydrogen) atoms. The number of Topliss-reactive ketones (excluding diaryl/α,β-unsaturated/α-hetero) is 1. The van der Waals surface area contributed by atoms with Gasteiger partial charge in [-0.1, -0.05) is 68.8 Å². The second kappa shape index (κ2) is 7.31. The average Bonchev–Trinajstić information content (AvgIpc) is 2.64. The zero-order valence-corrected chi connectivity index (χ0v) is 16.1. The van der Waals surface area contributed by atoms with Crippen LogP contribution in [0, 0.1) is 12.3 Å². The van der Waals surface area contributed by atoms with Crippen LogP contribution in [-0.2, 0) is 9.53 Å². The van der Waals surface area contributed by atoms with Gasteiger partial charge in [0, 0.05) is 16.4 Å². The minimum Gasteiger partial charge on any atom is -0.454 e. The monoisotopic (exact) mass is 361 g/mol. The lowest BCUT2D eigenvalue weighted by Gasteiger charge is -2.16. The van der Waals surface area contributed by atoms with Crippen LogP contribution < -0.4 is 0 Å². The molecule has 0 fully saturated rings. The van der Waals surface area contributed by atoms with Crippen molar-refractivity contribution in [2.75, 3.05) is 6.61 Å². The number of esters is 1. The van der Waals surface area contributed by atoms with Crippen molar-refractivity contribution in [3.05, 3.63) is 65.7 Å². The minimum atomic E-state index is -0.548. The second-order valence-corrected chi connectivity index (χ2v) is 7.69. The molecule has 138 valence electrons. The fraction of sp³-hybridized carbons (Fsp3) is 0.261. The number of hydrogen-bond acceptors (Lipinski definition) is 4. The number of ether oxygens (including phenoxy) is 1. The topological polar surface area (TPSA) is 56.3 Å². The van der Waals surface area contributed by atoms with Crippen molar-refractivity contribution in [3.8, 4) is 11.3 Å². The van der Waals surface area contributed by atoms with Gasteiger partial charge in [0.25, 0.3) is 0 Å². The van der Waals surface area contributed by atoms with Crippen molar-refractivity contribution in [2.24, 2.45) is 5.41 Å². The van der Waals surface area contributed by atoms with E-state index in [0.717, 1.165) is 11.1 Å². The van der Waals surface area contributed by atoms with Crippen LogP contribution in [0.4, 0.5) is 0 Å². The average molecular weight is 361 g/mol. The van der Waals surface area contributed by atoms with Gasteiger partial charge in [-0.3, -0.25) is 4.79 Å². The Morgan fingerprint density at radius 3 is 2.33 bits per heavy atom. The second-order valence-electron chi connectivity index (χ2n) is 7.69. The van der Waals surface area contributed by atoms with Gasteiger partial charge in [-0.25, -0.2) is 9.78 Å². The fourth-order valence-corrected chi connectivity index (χ4v) is 2.64. The standard InChI is InChI=1S/C23H23NO3/c1-15-9-11-16(12-10-15)20-13-18(17-7-5-6-8-19(17)24-20)22(26)27-14-21(25)23(2,3)4/h5-13H,14H2,1-4H3. The summed E-state index contributed by atoms with van der Waals surface area (Å²) in [5, 5.41) is 0.710. The van der Waals surface area contributed by atoms with Gasteiger partial charge in [-0.15, -0.1) is 0 Å². The number of ketones is 1. The highest BCUT2D eigenvalue weighted by molar-refractivity contribution is 6.05. The van der Waals surface area contributed by atoms with Gasteiger partial charge < -0.3 is 4.74 Å². The molecule has 4 nitrogen and oxygen atoms in total. The molecule has 1 aromatic heterocycles. The van der Waals surface area contributed by atoms with E-state index in [1.165, 1.54) is 0 Å². The van der Waals surface area contributed by atoms with E-state index in [9.17, 15) is 9.59 Å². The molecule has 0 aliphatic rings. The molecule has 2 aromatic carbocycles. The molecule has 4 heteroatoms. The quantitative estimate of drug-likeness (QED) is 0.615. The first kappa shape index (κ1) is 18.8. The van der Waals surface area contributed by atoms with Crippen LogP contribution >= 0.6 is 0 Å². The SMILES string of the molecule is Cc1ccc(-c2cc(C(=O)OCC(=O)C(C)(C)C)c3ccccc3n2)cc1. The van der Waals surface area contributed by atoms with E-state index < -0.39 is 11.4 Å². The number of pyridine rings is 1. The molecule has 3 rings (SSSR count). The number of nitrogens with zero attached hydrogens (tertiary/aromatic N) is 1. The number of benzene rings is 2. The first-order chi connectivity index (χ1) is 12.8. The van der Waals surface area contributed by atoms with Crippen molar-refractivity contribution >= 4 is 22.7 Å². The molecule has 0 aliphatic heterocycles. The summed E-state index contributed by atoms with van der Waals surface area (Å²) in [5.41, 5.74) is 3.35. The first-order valence-corrected chi connectivity index (χ1v) is 8.93. The maximum atomic E-state index is 12.7. The molecule has 3 aromatic rings. The summed E-state index contributed by atoms with van der Waals surface area (Å²) in [6.07, 6.45) is 0. The Morgan fingerprint density at radius 2 is 1.67 bits per heavy atom. The molecule has 0 unspecified atom stereocenters. The Labute approximate surface area is 159 Å². The normalized spacial score (nSPS) is 11.4. The maximum absolute atomic E-state index is 12.7. The van der Waals surface area contributed by atoms with Gasteiger partial charge >= 0.3 is 5.97 Å². The minimum absolute atomic E-state index is 0.118. The summed E-state index contributed by atoms with van der Waals surface area (Å²) in [7, 11) is 0. The van der Waals surface area contributed by atoms with E-state index in [0.29, 0.717) is 22.2 Å². The predicted octanol–water partition coefficient (Wildman–Crippen LogP) is 4.98. The van der Waals surface area contributed by atoms with E-state index in [1.54, 1.807) is 26.8 Å². The van der Waals surface area contributed by atoms with E-state index in [1.807, 2.05) is 55.5 Å². The Balaban J connectivity index is 1.99. The van der Waals surface area contributed by atoms with Crippen LogP contribution in [-0.4, -0.2) is 23.3 Å². The van der Waals surface area contributed by atoms with Crippen molar-refractivity contribution in [2.45, 2.75) is 27.7 Å². The Bertz CT molecular complexity index is 998. The molecule has 0 N–H and O–H groups in total. The number of carbonyl (C=O) groups excluding carboxylic acids is 2. The number of aromatic nitrogens is 1. The van der Waals surface area contributed by atoms with Crippen LogP contribution in [0.3, 0.4) is 0 Å². The molecule has 0 saturated heterocycles.